The zero-order valence-corrected chi connectivity index (χ0v) is 11.8. The molecule has 0 atom stereocenters. The first-order valence-corrected chi connectivity index (χ1v) is 6.54. The maximum absolute atomic E-state index is 11.3. The van der Waals surface area contributed by atoms with Crippen molar-refractivity contribution in [3.63, 3.8) is 0 Å². The summed E-state index contributed by atoms with van der Waals surface area (Å²) in [6.07, 6.45) is 3.44. The smallest absolute Gasteiger partial charge is 0.320 e. The summed E-state index contributed by atoms with van der Waals surface area (Å²) >= 11 is 0. The number of amides is 2. The van der Waals surface area contributed by atoms with Gasteiger partial charge in [-0.2, -0.15) is 5.10 Å². The van der Waals surface area contributed by atoms with Gasteiger partial charge in [0.2, 0.25) is 0 Å². The van der Waals surface area contributed by atoms with E-state index in [-0.39, 0.29) is 6.03 Å². The van der Waals surface area contributed by atoms with Crippen LogP contribution in [0.4, 0.5) is 22.1 Å². The number of fused-ring (bicyclic) bond motifs is 1. The highest BCUT2D eigenvalue weighted by atomic mass is 16.5. The fourth-order valence-electron chi connectivity index (χ4n) is 2.27. The number of hydrogen-bond acceptors (Lipinski definition) is 5. The van der Waals surface area contributed by atoms with E-state index in [1.54, 1.807) is 26.6 Å². The summed E-state index contributed by atoms with van der Waals surface area (Å²) in [6.45, 7) is 1.55. The number of hydrogen-bond donors (Lipinski definition) is 2. The van der Waals surface area contributed by atoms with Crippen LogP contribution in [0.15, 0.2) is 24.5 Å². The molecule has 2 aromatic rings. The van der Waals surface area contributed by atoms with Crippen molar-refractivity contribution in [2.75, 3.05) is 30.9 Å². The highest BCUT2D eigenvalue weighted by Crippen LogP contribution is 2.32. The summed E-state index contributed by atoms with van der Waals surface area (Å²) in [5, 5.41) is 9.51. The molecule has 0 fully saturated rings. The molecule has 0 bridgehead atoms. The Morgan fingerprint density at radius 1 is 1.33 bits per heavy atom. The molecule has 2 aromatic heterocycles. The predicted octanol–water partition coefficient (Wildman–Crippen LogP) is 1.19. The Bertz CT molecular complexity index is 668. The van der Waals surface area contributed by atoms with Gasteiger partial charge in [0.15, 0.2) is 5.82 Å². The number of rotatable bonds is 3. The van der Waals surface area contributed by atoms with Gasteiger partial charge in [0.05, 0.1) is 31.7 Å². The van der Waals surface area contributed by atoms with Crippen LogP contribution in [0.3, 0.4) is 0 Å². The van der Waals surface area contributed by atoms with E-state index in [0.717, 1.165) is 24.6 Å². The lowest BCUT2D eigenvalue weighted by atomic mass is 10.3. The lowest BCUT2D eigenvalue weighted by molar-refractivity contribution is 0.254. The fourth-order valence-corrected chi connectivity index (χ4v) is 2.27. The molecule has 110 valence electrons. The van der Waals surface area contributed by atoms with E-state index >= 15 is 0 Å². The Labute approximate surface area is 121 Å². The molecule has 0 saturated carbocycles. The van der Waals surface area contributed by atoms with Crippen LogP contribution in [-0.4, -0.2) is 41.5 Å². The Morgan fingerprint density at radius 3 is 2.95 bits per heavy atom. The van der Waals surface area contributed by atoms with Crippen LogP contribution < -0.4 is 20.3 Å². The summed E-state index contributed by atoms with van der Waals surface area (Å²) in [5.74, 6) is 2.13. The maximum atomic E-state index is 11.3. The highest BCUT2D eigenvalue weighted by Gasteiger charge is 2.23. The van der Waals surface area contributed by atoms with Gasteiger partial charge in [0.1, 0.15) is 11.6 Å². The average molecular weight is 288 g/mol. The van der Waals surface area contributed by atoms with Crippen molar-refractivity contribution in [3.05, 3.63) is 24.5 Å². The lowest BCUT2D eigenvalue weighted by Crippen LogP contribution is -2.24. The molecule has 8 heteroatoms. The summed E-state index contributed by atoms with van der Waals surface area (Å²) in [7, 11) is 3.17. The van der Waals surface area contributed by atoms with Crippen LogP contribution in [0, 0.1) is 0 Å². The monoisotopic (exact) mass is 288 g/mol. The van der Waals surface area contributed by atoms with Crippen molar-refractivity contribution in [1.29, 1.82) is 0 Å². The van der Waals surface area contributed by atoms with Gasteiger partial charge in [-0.05, 0) is 0 Å². The third-order valence-electron chi connectivity index (χ3n) is 3.29. The molecule has 0 saturated heterocycles. The molecule has 3 rings (SSSR count). The molecule has 1 aliphatic rings. The van der Waals surface area contributed by atoms with E-state index in [4.69, 9.17) is 4.74 Å². The molecule has 0 aromatic carbocycles. The minimum absolute atomic E-state index is 0.290. The Kier molecular flexibility index (Phi) is 3.35. The first-order valence-electron chi connectivity index (χ1n) is 6.54. The van der Waals surface area contributed by atoms with Gasteiger partial charge in [0.25, 0.3) is 0 Å². The molecule has 2 N–H and O–H groups in total. The van der Waals surface area contributed by atoms with Gasteiger partial charge in [0, 0.05) is 25.7 Å². The van der Waals surface area contributed by atoms with Crippen molar-refractivity contribution in [1.82, 2.24) is 20.1 Å². The zero-order chi connectivity index (χ0) is 14.8. The molecule has 0 spiro atoms. The minimum atomic E-state index is -0.290. The van der Waals surface area contributed by atoms with E-state index in [1.807, 2.05) is 16.8 Å². The van der Waals surface area contributed by atoms with E-state index in [2.05, 4.69) is 25.6 Å². The van der Waals surface area contributed by atoms with Crippen molar-refractivity contribution in [2.24, 2.45) is 0 Å². The van der Waals surface area contributed by atoms with Crippen LogP contribution in [-0.2, 0) is 6.54 Å². The Morgan fingerprint density at radius 2 is 2.19 bits per heavy atom. The van der Waals surface area contributed by atoms with Crippen LogP contribution in [0.25, 0.3) is 0 Å². The third-order valence-corrected chi connectivity index (χ3v) is 3.29. The van der Waals surface area contributed by atoms with Crippen molar-refractivity contribution in [2.45, 2.75) is 6.54 Å². The summed E-state index contributed by atoms with van der Waals surface area (Å²) in [4.78, 5) is 17.6. The Hall–Kier alpha value is -2.77. The normalized spacial score (nSPS) is 13.0. The summed E-state index contributed by atoms with van der Waals surface area (Å²) in [5.41, 5.74) is 0.930. The second-order valence-electron chi connectivity index (χ2n) is 4.55. The number of anilines is 3. The summed E-state index contributed by atoms with van der Waals surface area (Å²) < 4.78 is 7.05. The van der Waals surface area contributed by atoms with Gasteiger partial charge in [-0.1, -0.05) is 0 Å². The molecule has 3 heterocycles. The van der Waals surface area contributed by atoms with Gasteiger partial charge in [-0.3, -0.25) is 10.3 Å². The number of nitrogens with zero attached hydrogens (tertiary/aromatic N) is 4. The minimum Gasteiger partial charge on any atom is -0.495 e. The van der Waals surface area contributed by atoms with Gasteiger partial charge in [-0.15, -0.1) is 0 Å². The molecule has 8 nitrogen and oxygen atoms in total. The van der Waals surface area contributed by atoms with E-state index in [9.17, 15) is 4.79 Å². The van der Waals surface area contributed by atoms with Crippen molar-refractivity contribution < 1.29 is 9.53 Å². The van der Waals surface area contributed by atoms with E-state index in [1.165, 1.54) is 0 Å². The molecule has 0 radical (unpaired) electrons. The molecular formula is C13H16N6O2. The second-order valence-corrected chi connectivity index (χ2v) is 4.55. The number of urea groups is 1. The van der Waals surface area contributed by atoms with E-state index < -0.39 is 0 Å². The number of ether oxygens (including phenoxy) is 1. The molecular weight excluding hydrogens is 272 g/mol. The predicted molar refractivity (Wildman–Crippen MR) is 78.1 cm³/mol. The van der Waals surface area contributed by atoms with Crippen molar-refractivity contribution >= 4 is 23.4 Å². The SMILES string of the molecule is CNC(=O)Nc1cc2n(n1)CCN2c1cncc(OC)c1. The highest BCUT2D eigenvalue weighted by molar-refractivity contribution is 5.88. The second kappa shape index (κ2) is 5.31. The van der Waals surface area contributed by atoms with Gasteiger partial charge in [-0.25, -0.2) is 9.48 Å². The fraction of sp³-hybridized carbons (Fsp3) is 0.308. The number of nitrogens with one attached hydrogen (secondary N) is 2. The number of aromatic nitrogens is 3. The number of carbonyl (C=O) groups excluding carboxylic acids is 1. The quantitative estimate of drug-likeness (QED) is 0.886. The average Bonchev–Trinajstić information content (AvgIpc) is 3.06. The number of methoxy groups -OCH3 is 1. The molecule has 0 unspecified atom stereocenters. The molecule has 1 aliphatic heterocycles. The van der Waals surface area contributed by atoms with Crippen LogP contribution in [0.1, 0.15) is 0 Å². The Balaban J connectivity index is 1.87. The first kappa shape index (κ1) is 13.2. The zero-order valence-electron chi connectivity index (χ0n) is 11.8. The standard InChI is InChI=1S/C13H16N6O2/c1-14-13(20)16-11-6-12-18(3-4-19(12)17-11)9-5-10(21-2)8-15-7-9/h5-8H,3-4H2,1-2H3,(H2,14,16,17,20). The first-order chi connectivity index (χ1) is 10.2. The third kappa shape index (κ3) is 2.47. The lowest BCUT2D eigenvalue weighted by Gasteiger charge is -2.16. The van der Waals surface area contributed by atoms with Crippen LogP contribution >= 0.6 is 0 Å². The van der Waals surface area contributed by atoms with Crippen LogP contribution in [0.5, 0.6) is 5.75 Å². The topological polar surface area (TPSA) is 84.3 Å². The van der Waals surface area contributed by atoms with Gasteiger partial charge < -0.3 is 15.0 Å². The van der Waals surface area contributed by atoms with Crippen molar-refractivity contribution in [3.8, 4) is 5.75 Å². The summed E-state index contributed by atoms with van der Waals surface area (Å²) in [6, 6.07) is 3.46. The van der Waals surface area contributed by atoms with Crippen LogP contribution in [0.2, 0.25) is 0 Å². The maximum Gasteiger partial charge on any atom is 0.320 e. The largest absolute Gasteiger partial charge is 0.495 e. The van der Waals surface area contributed by atoms with E-state index in [0.29, 0.717) is 11.6 Å². The van der Waals surface area contributed by atoms with Gasteiger partial charge >= 0.3 is 6.03 Å². The molecule has 0 aliphatic carbocycles. The molecule has 2 amide bonds. The number of carbonyl (C=O) groups is 1. The molecule has 21 heavy (non-hydrogen) atoms. The number of pyridine rings is 1.